The van der Waals surface area contributed by atoms with Crippen molar-refractivity contribution < 1.29 is 4.79 Å². The maximum absolute atomic E-state index is 10.5. The van der Waals surface area contributed by atoms with E-state index in [-0.39, 0.29) is 5.92 Å². The van der Waals surface area contributed by atoms with Crippen molar-refractivity contribution in [2.45, 2.75) is 13.0 Å². The van der Waals surface area contributed by atoms with E-state index in [2.05, 4.69) is 10.00 Å². The molecule has 0 saturated heterocycles. The quantitative estimate of drug-likeness (QED) is 0.683. The van der Waals surface area contributed by atoms with Gasteiger partial charge < -0.3 is 15.4 Å². The molecule has 0 aliphatic carbocycles. The van der Waals surface area contributed by atoms with Crippen LogP contribution < -0.4 is 5.73 Å². The number of anilines is 1. The van der Waals surface area contributed by atoms with Gasteiger partial charge in [-0.3, -0.25) is 4.68 Å². The Morgan fingerprint density at radius 3 is 2.87 bits per heavy atom. The number of carbonyl (C=O) groups excluding carboxylic acids is 1. The molecule has 1 aromatic rings. The molecule has 0 saturated carbocycles. The van der Waals surface area contributed by atoms with Crippen molar-refractivity contribution >= 4 is 12.0 Å². The molecule has 0 aliphatic rings. The highest BCUT2D eigenvalue weighted by Gasteiger charge is 2.10. The Kier molecular flexibility index (Phi) is 4.30. The number of carbonyl (C=O) groups is 1. The Morgan fingerprint density at radius 2 is 2.40 bits per heavy atom. The summed E-state index contributed by atoms with van der Waals surface area (Å²) in [7, 11) is 3.99. The maximum Gasteiger partial charge on any atom is 0.120 e. The van der Waals surface area contributed by atoms with Crippen LogP contribution in [0.5, 0.6) is 0 Å². The van der Waals surface area contributed by atoms with Gasteiger partial charge in [-0.1, -0.05) is 0 Å². The van der Waals surface area contributed by atoms with Crippen LogP contribution in [-0.2, 0) is 11.3 Å². The molecule has 2 N–H and O–H groups in total. The molecule has 15 heavy (non-hydrogen) atoms. The SMILES string of the molecule is CN(C)CC(CC=O)Cn1cc(N)cn1. The molecule has 0 radical (unpaired) electrons. The summed E-state index contributed by atoms with van der Waals surface area (Å²) in [6, 6.07) is 0. The van der Waals surface area contributed by atoms with Gasteiger partial charge in [0.15, 0.2) is 0 Å². The third-order valence-electron chi connectivity index (χ3n) is 2.15. The van der Waals surface area contributed by atoms with Gasteiger partial charge in [-0.25, -0.2) is 0 Å². The molecule has 1 unspecified atom stereocenters. The van der Waals surface area contributed by atoms with Gasteiger partial charge in [0.1, 0.15) is 6.29 Å². The number of nitrogens with two attached hydrogens (primary N) is 1. The molecule has 1 rings (SSSR count). The predicted octanol–water partition coefficient (Wildman–Crippen LogP) is 0.232. The van der Waals surface area contributed by atoms with Crippen LogP contribution in [0, 0.1) is 5.92 Å². The normalized spacial score (nSPS) is 13.0. The fourth-order valence-electron chi connectivity index (χ4n) is 1.60. The average Bonchev–Trinajstić information content (AvgIpc) is 2.50. The van der Waals surface area contributed by atoms with Crippen molar-refractivity contribution in [1.29, 1.82) is 0 Å². The van der Waals surface area contributed by atoms with Crippen molar-refractivity contribution in [3.63, 3.8) is 0 Å². The zero-order valence-corrected chi connectivity index (χ0v) is 9.26. The van der Waals surface area contributed by atoms with Crippen molar-refractivity contribution in [3.05, 3.63) is 12.4 Å². The highest BCUT2D eigenvalue weighted by atomic mass is 16.1. The molecular formula is C10H18N4O. The van der Waals surface area contributed by atoms with Crippen LogP contribution in [0.2, 0.25) is 0 Å². The van der Waals surface area contributed by atoms with E-state index in [1.807, 2.05) is 14.1 Å². The monoisotopic (exact) mass is 210 g/mol. The first kappa shape index (κ1) is 11.7. The summed E-state index contributed by atoms with van der Waals surface area (Å²) in [4.78, 5) is 12.6. The van der Waals surface area contributed by atoms with Crippen LogP contribution >= 0.6 is 0 Å². The molecule has 0 amide bonds. The number of nitrogen functional groups attached to an aromatic ring is 1. The third-order valence-corrected chi connectivity index (χ3v) is 2.15. The van der Waals surface area contributed by atoms with Gasteiger partial charge in [-0.15, -0.1) is 0 Å². The summed E-state index contributed by atoms with van der Waals surface area (Å²) in [5.74, 6) is 0.289. The Labute approximate surface area is 89.9 Å². The zero-order chi connectivity index (χ0) is 11.3. The molecule has 0 spiro atoms. The number of hydrogen-bond acceptors (Lipinski definition) is 4. The lowest BCUT2D eigenvalue weighted by Crippen LogP contribution is -2.25. The van der Waals surface area contributed by atoms with Crippen LogP contribution in [0.25, 0.3) is 0 Å². The lowest BCUT2D eigenvalue weighted by Gasteiger charge is -2.18. The Bertz CT molecular complexity index is 308. The largest absolute Gasteiger partial charge is 0.396 e. The smallest absolute Gasteiger partial charge is 0.120 e. The minimum atomic E-state index is 0.289. The molecule has 1 heterocycles. The van der Waals surface area contributed by atoms with Gasteiger partial charge in [0.05, 0.1) is 11.9 Å². The second-order valence-corrected chi connectivity index (χ2v) is 4.03. The summed E-state index contributed by atoms with van der Waals surface area (Å²) in [5, 5.41) is 4.10. The van der Waals surface area contributed by atoms with Crippen LogP contribution in [0.1, 0.15) is 6.42 Å². The number of aromatic nitrogens is 2. The molecule has 0 fully saturated rings. The topological polar surface area (TPSA) is 64.2 Å². The van der Waals surface area contributed by atoms with Gasteiger partial charge in [0.25, 0.3) is 0 Å². The first-order chi connectivity index (χ1) is 7.11. The third kappa shape index (κ3) is 4.12. The van der Waals surface area contributed by atoms with Crippen LogP contribution in [0.4, 0.5) is 5.69 Å². The summed E-state index contributed by atoms with van der Waals surface area (Å²) < 4.78 is 1.78. The zero-order valence-electron chi connectivity index (χ0n) is 9.26. The fraction of sp³-hybridized carbons (Fsp3) is 0.600. The van der Waals surface area contributed by atoms with E-state index in [0.29, 0.717) is 12.1 Å². The Hall–Kier alpha value is -1.36. The number of rotatable bonds is 6. The second kappa shape index (κ2) is 5.50. The lowest BCUT2D eigenvalue weighted by atomic mass is 10.1. The van der Waals surface area contributed by atoms with Gasteiger partial charge in [-0.05, 0) is 20.0 Å². The van der Waals surface area contributed by atoms with Crippen LogP contribution in [-0.4, -0.2) is 41.6 Å². The first-order valence-electron chi connectivity index (χ1n) is 4.98. The molecule has 0 bridgehead atoms. The highest BCUT2D eigenvalue weighted by molar-refractivity contribution is 5.49. The van der Waals surface area contributed by atoms with E-state index in [1.54, 1.807) is 17.1 Å². The second-order valence-electron chi connectivity index (χ2n) is 4.03. The van der Waals surface area contributed by atoms with Gasteiger partial charge in [0.2, 0.25) is 0 Å². The lowest BCUT2D eigenvalue weighted by molar-refractivity contribution is -0.108. The molecule has 1 aromatic heterocycles. The molecule has 1 atom stereocenters. The van der Waals surface area contributed by atoms with Crippen molar-refractivity contribution in [2.75, 3.05) is 26.4 Å². The van der Waals surface area contributed by atoms with Gasteiger partial charge in [0, 0.05) is 25.7 Å². The average molecular weight is 210 g/mol. The standard InChI is InChI=1S/C10H18N4O/c1-13(2)6-9(3-4-15)7-14-8-10(11)5-12-14/h4-5,8-9H,3,6-7,11H2,1-2H3. The summed E-state index contributed by atoms with van der Waals surface area (Å²) in [6.07, 6.45) is 4.92. The van der Waals surface area contributed by atoms with Gasteiger partial charge in [-0.2, -0.15) is 5.10 Å². The number of nitrogens with zero attached hydrogens (tertiary/aromatic N) is 3. The molecule has 0 aliphatic heterocycles. The van der Waals surface area contributed by atoms with E-state index in [9.17, 15) is 4.79 Å². The summed E-state index contributed by atoms with van der Waals surface area (Å²) >= 11 is 0. The summed E-state index contributed by atoms with van der Waals surface area (Å²) in [6.45, 7) is 1.60. The fourth-order valence-corrected chi connectivity index (χ4v) is 1.60. The molecule has 84 valence electrons. The molecule has 5 nitrogen and oxygen atoms in total. The van der Waals surface area contributed by atoms with E-state index < -0.39 is 0 Å². The van der Waals surface area contributed by atoms with Crippen molar-refractivity contribution in [2.24, 2.45) is 5.92 Å². The number of aldehydes is 1. The van der Waals surface area contributed by atoms with E-state index in [1.165, 1.54) is 0 Å². The number of hydrogen-bond donors (Lipinski definition) is 1. The predicted molar refractivity (Wildman–Crippen MR) is 59.4 cm³/mol. The van der Waals surface area contributed by atoms with E-state index in [0.717, 1.165) is 19.4 Å². The highest BCUT2D eigenvalue weighted by Crippen LogP contribution is 2.08. The van der Waals surface area contributed by atoms with E-state index in [4.69, 9.17) is 5.73 Å². The van der Waals surface area contributed by atoms with Crippen molar-refractivity contribution in [3.8, 4) is 0 Å². The minimum Gasteiger partial charge on any atom is -0.396 e. The molecule has 5 heteroatoms. The summed E-state index contributed by atoms with van der Waals surface area (Å²) in [5.41, 5.74) is 6.22. The Morgan fingerprint density at radius 1 is 1.67 bits per heavy atom. The van der Waals surface area contributed by atoms with Crippen LogP contribution in [0.15, 0.2) is 12.4 Å². The van der Waals surface area contributed by atoms with E-state index >= 15 is 0 Å². The maximum atomic E-state index is 10.5. The molecular weight excluding hydrogens is 192 g/mol. The first-order valence-corrected chi connectivity index (χ1v) is 4.98. The van der Waals surface area contributed by atoms with Crippen molar-refractivity contribution in [1.82, 2.24) is 14.7 Å². The molecule has 0 aromatic carbocycles. The minimum absolute atomic E-state index is 0.289. The Balaban J connectivity index is 2.53. The van der Waals surface area contributed by atoms with Gasteiger partial charge >= 0.3 is 0 Å². The van der Waals surface area contributed by atoms with Crippen LogP contribution in [0.3, 0.4) is 0 Å².